The standard InChI is InChI=1S/C18H20N2O2S/c1-12-6-7-15(22-12)9-19-18(21)16-8-13-10-20(11-17(13)23-16)14-4-2-3-5-14/h6-8,10-11,14H,2-5,9H2,1H3,(H,19,21). The molecule has 0 bridgehead atoms. The molecule has 1 N–H and O–H groups in total. The van der Waals surface area contributed by atoms with Crippen LogP contribution in [-0.4, -0.2) is 10.5 Å². The molecular formula is C18H20N2O2S. The summed E-state index contributed by atoms with van der Waals surface area (Å²) in [5.41, 5.74) is 0. The minimum absolute atomic E-state index is 0.0346. The molecule has 5 heteroatoms. The number of fused-ring (bicyclic) bond motifs is 1. The molecule has 1 aliphatic carbocycles. The van der Waals surface area contributed by atoms with E-state index in [2.05, 4.69) is 22.3 Å². The fraction of sp³-hybridized carbons (Fsp3) is 0.389. The van der Waals surface area contributed by atoms with E-state index in [-0.39, 0.29) is 5.91 Å². The van der Waals surface area contributed by atoms with Gasteiger partial charge >= 0.3 is 0 Å². The lowest BCUT2D eigenvalue weighted by Gasteiger charge is -2.10. The number of amides is 1. The first-order valence-electron chi connectivity index (χ1n) is 8.13. The van der Waals surface area contributed by atoms with E-state index in [4.69, 9.17) is 4.42 Å². The summed E-state index contributed by atoms with van der Waals surface area (Å²) in [6.07, 6.45) is 9.60. The largest absolute Gasteiger partial charge is 0.465 e. The number of carbonyl (C=O) groups is 1. The Kier molecular flexibility index (Phi) is 3.73. The Morgan fingerprint density at radius 2 is 2.17 bits per heavy atom. The third kappa shape index (κ3) is 2.93. The van der Waals surface area contributed by atoms with Gasteiger partial charge in [0.25, 0.3) is 5.91 Å². The number of carbonyl (C=O) groups excluding carboxylic acids is 1. The van der Waals surface area contributed by atoms with Crippen LogP contribution in [0.15, 0.2) is 35.0 Å². The predicted molar refractivity (Wildman–Crippen MR) is 91.9 cm³/mol. The van der Waals surface area contributed by atoms with Gasteiger partial charge in [-0.3, -0.25) is 4.79 Å². The van der Waals surface area contributed by atoms with Gasteiger partial charge < -0.3 is 14.3 Å². The molecule has 3 aromatic rings. The molecule has 0 aliphatic heterocycles. The van der Waals surface area contributed by atoms with Crippen LogP contribution < -0.4 is 5.32 Å². The van der Waals surface area contributed by atoms with E-state index in [1.165, 1.54) is 35.8 Å². The van der Waals surface area contributed by atoms with Gasteiger partial charge in [-0.1, -0.05) is 12.8 Å². The zero-order chi connectivity index (χ0) is 15.8. The van der Waals surface area contributed by atoms with Gasteiger partial charge in [-0.2, -0.15) is 0 Å². The average Bonchev–Trinajstić information content (AvgIpc) is 3.27. The van der Waals surface area contributed by atoms with Gasteiger partial charge in [0.15, 0.2) is 0 Å². The molecule has 3 heterocycles. The SMILES string of the molecule is Cc1ccc(CNC(=O)c2cc3cn(C4CCCC4)cc3s2)o1. The third-order valence-electron chi connectivity index (χ3n) is 4.53. The summed E-state index contributed by atoms with van der Waals surface area (Å²) < 4.78 is 9.00. The number of hydrogen-bond acceptors (Lipinski definition) is 3. The minimum atomic E-state index is -0.0346. The monoisotopic (exact) mass is 328 g/mol. The van der Waals surface area contributed by atoms with Crippen molar-refractivity contribution in [2.45, 2.75) is 45.2 Å². The first-order chi connectivity index (χ1) is 11.2. The van der Waals surface area contributed by atoms with E-state index in [1.807, 2.05) is 25.1 Å². The fourth-order valence-corrected chi connectivity index (χ4v) is 4.31. The number of hydrogen-bond donors (Lipinski definition) is 1. The second-order valence-electron chi connectivity index (χ2n) is 6.27. The van der Waals surface area contributed by atoms with Crippen LogP contribution in [0.4, 0.5) is 0 Å². The lowest BCUT2D eigenvalue weighted by molar-refractivity contribution is 0.0952. The molecule has 4 rings (SSSR count). The molecule has 1 amide bonds. The molecule has 1 aliphatic rings. The van der Waals surface area contributed by atoms with Gasteiger partial charge in [-0.15, -0.1) is 11.3 Å². The predicted octanol–water partition coefficient (Wildman–Crippen LogP) is 4.65. The maximum atomic E-state index is 12.3. The Balaban J connectivity index is 1.45. The van der Waals surface area contributed by atoms with E-state index >= 15 is 0 Å². The molecule has 0 aromatic carbocycles. The summed E-state index contributed by atoms with van der Waals surface area (Å²) in [4.78, 5) is 13.0. The van der Waals surface area contributed by atoms with Crippen molar-refractivity contribution in [3.8, 4) is 0 Å². The van der Waals surface area contributed by atoms with Crippen LogP contribution in [-0.2, 0) is 6.54 Å². The van der Waals surface area contributed by atoms with Gasteiger partial charge in [0.05, 0.1) is 16.1 Å². The highest BCUT2D eigenvalue weighted by molar-refractivity contribution is 7.20. The van der Waals surface area contributed by atoms with Gasteiger partial charge in [0.1, 0.15) is 11.5 Å². The van der Waals surface area contributed by atoms with Crippen LogP contribution in [0.3, 0.4) is 0 Å². The van der Waals surface area contributed by atoms with Crippen molar-refractivity contribution in [2.24, 2.45) is 0 Å². The van der Waals surface area contributed by atoms with E-state index in [9.17, 15) is 4.79 Å². The summed E-state index contributed by atoms with van der Waals surface area (Å²) in [6.45, 7) is 2.33. The van der Waals surface area contributed by atoms with E-state index in [0.717, 1.165) is 16.4 Å². The molecule has 4 nitrogen and oxygen atoms in total. The van der Waals surface area contributed by atoms with Crippen molar-refractivity contribution in [1.82, 2.24) is 9.88 Å². The Bertz CT molecular complexity index is 805. The first kappa shape index (κ1) is 14.6. The summed E-state index contributed by atoms with van der Waals surface area (Å²) in [6, 6.07) is 6.44. The molecule has 120 valence electrons. The number of nitrogens with zero attached hydrogens (tertiary/aromatic N) is 1. The highest BCUT2D eigenvalue weighted by Crippen LogP contribution is 2.34. The molecule has 23 heavy (non-hydrogen) atoms. The number of nitrogens with one attached hydrogen (secondary N) is 1. The molecule has 0 unspecified atom stereocenters. The van der Waals surface area contributed by atoms with Crippen LogP contribution in [0.25, 0.3) is 10.1 Å². The van der Waals surface area contributed by atoms with Crippen LogP contribution in [0, 0.1) is 6.92 Å². The van der Waals surface area contributed by atoms with E-state index in [0.29, 0.717) is 12.6 Å². The minimum Gasteiger partial charge on any atom is -0.465 e. The van der Waals surface area contributed by atoms with Gasteiger partial charge in [-0.25, -0.2) is 0 Å². The maximum absolute atomic E-state index is 12.3. The molecule has 1 fully saturated rings. The molecule has 0 spiro atoms. The Morgan fingerprint density at radius 3 is 2.87 bits per heavy atom. The van der Waals surface area contributed by atoms with Crippen molar-refractivity contribution in [1.29, 1.82) is 0 Å². The number of thiophene rings is 1. The zero-order valence-corrected chi connectivity index (χ0v) is 14.0. The second kappa shape index (κ2) is 5.89. The second-order valence-corrected chi connectivity index (χ2v) is 7.35. The van der Waals surface area contributed by atoms with Gasteiger partial charge in [0.2, 0.25) is 0 Å². The smallest absolute Gasteiger partial charge is 0.261 e. The van der Waals surface area contributed by atoms with Crippen molar-refractivity contribution in [2.75, 3.05) is 0 Å². The van der Waals surface area contributed by atoms with E-state index < -0.39 is 0 Å². The van der Waals surface area contributed by atoms with Crippen LogP contribution in [0.5, 0.6) is 0 Å². The lowest BCUT2D eigenvalue weighted by atomic mass is 10.2. The number of rotatable bonds is 4. The Labute approximate surface area is 139 Å². The normalized spacial score (nSPS) is 15.5. The number of aromatic nitrogens is 1. The Morgan fingerprint density at radius 1 is 1.35 bits per heavy atom. The van der Waals surface area contributed by atoms with Crippen molar-refractivity contribution in [3.05, 3.63) is 47.0 Å². The lowest BCUT2D eigenvalue weighted by Crippen LogP contribution is -2.21. The summed E-state index contributed by atoms with van der Waals surface area (Å²) >= 11 is 1.56. The van der Waals surface area contributed by atoms with Gasteiger partial charge in [-0.05, 0) is 38.0 Å². The molecule has 0 saturated heterocycles. The van der Waals surface area contributed by atoms with Gasteiger partial charge in [0, 0.05) is 23.8 Å². The fourth-order valence-electron chi connectivity index (χ4n) is 3.31. The number of aryl methyl sites for hydroxylation is 1. The molecule has 0 radical (unpaired) electrons. The molecule has 1 saturated carbocycles. The number of furan rings is 1. The highest BCUT2D eigenvalue weighted by atomic mass is 32.1. The van der Waals surface area contributed by atoms with Crippen LogP contribution in [0.1, 0.15) is 52.9 Å². The molecular weight excluding hydrogens is 308 g/mol. The van der Waals surface area contributed by atoms with Crippen molar-refractivity contribution < 1.29 is 9.21 Å². The highest BCUT2D eigenvalue weighted by Gasteiger charge is 2.18. The van der Waals surface area contributed by atoms with Crippen LogP contribution in [0.2, 0.25) is 0 Å². The Hall–Kier alpha value is -2.01. The summed E-state index contributed by atoms with van der Waals surface area (Å²) in [5, 5.41) is 4.09. The van der Waals surface area contributed by atoms with Crippen LogP contribution >= 0.6 is 11.3 Å². The third-order valence-corrected chi connectivity index (χ3v) is 5.62. The summed E-state index contributed by atoms with van der Waals surface area (Å²) in [7, 11) is 0. The van der Waals surface area contributed by atoms with Crippen molar-refractivity contribution >= 4 is 27.3 Å². The average molecular weight is 328 g/mol. The quantitative estimate of drug-likeness (QED) is 0.758. The first-order valence-corrected chi connectivity index (χ1v) is 8.95. The molecule has 0 atom stereocenters. The zero-order valence-electron chi connectivity index (χ0n) is 13.2. The van der Waals surface area contributed by atoms with Crippen molar-refractivity contribution in [3.63, 3.8) is 0 Å². The molecule has 3 aromatic heterocycles. The summed E-state index contributed by atoms with van der Waals surface area (Å²) in [5.74, 6) is 1.61. The topological polar surface area (TPSA) is 47.2 Å². The maximum Gasteiger partial charge on any atom is 0.261 e. The van der Waals surface area contributed by atoms with E-state index in [1.54, 1.807) is 11.3 Å².